The fourth-order valence-electron chi connectivity index (χ4n) is 3.43. The quantitative estimate of drug-likeness (QED) is 0.179. The van der Waals surface area contributed by atoms with Crippen molar-refractivity contribution in [3.63, 3.8) is 0 Å². The molecule has 1 N–H and O–H groups in total. The smallest absolute Gasteiger partial charge is 0.270 e. The van der Waals surface area contributed by atoms with Crippen LogP contribution in [0.1, 0.15) is 11.3 Å². The summed E-state index contributed by atoms with van der Waals surface area (Å²) < 4.78 is 11.0. The third-order valence-electron chi connectivity index (χ3n) is 5.15. The first-order chi connectivity index (χ1) is 16.2. The number of nitro groups is 1. The molecule has 1 aromatic heterocycles. The average Bonchev–Trinajstić information content (AvgIpc) is 3.27. The first kappa shape index (κ1) is 23.1. The number of benzene rings is 2. The number of amides is 2. The number of nitrogens with one attached hydrogen (secondary N) is 1. The Morgan fingerprint density at radius 2 is 1.97 bits per heavy atom. The van der Waals surface area contributed by atoms with Crippen molar-refractivity contribution in [3.05, 3.63) is 80.6 Å². The van der Waals surface area contributed by atoms with E-state index in [0.29, 0.717) is 27.6 Å². The summed E-state index contributed by atoms with van der Waals surface area (Å²) in [5.41, 5.74) is 1.05. The molecule has 1 aliphatic heterocycles. The molecule has 1 fully saturated rings. The van der Waals surface area contributed by atoms with Gasteiger partial charge in [-0.2, -0.15) is 0 Å². The number of thiocarbonyl (C=S) groups is 1. The lowest BCUT2D eigenvalue weighted by molar-refractivity contribution is -0.384. The molecule has 1 aliphatic rings. The van der Waals surface area contributed by atoms with Crippen LogP contribution in [0.25, 0.3) is 17.4 Å². The predicted molar refractivity (Wildman–Crippen MR) is 130 cm³/mol. The molecule has 0 aliphatic carbocycles. The van der Waals surface area contributed by atoms with Gasteiger partial charge in [-0.3, -0.25) is 29.9 Å². The molecule has 172 valence electrons. The Labute approximate surface area is 203 Å². The molecule has 3 aromatic rings. The van der Waals surface area contributed by atoms with Crippen LogP contribution in [-0.4, -0.2) is 29.0 Å². The van der Waals surface area contributed by atoms with Crippen molar-refractivity contribution < 1.29 is 23.7 Å². The minimum Gasteiger partial charge on any atom is -0.496 e. The van der Waals surface area contributed by atoms with Gasteiger partial charge in [0.15, 0.2) is 5.11 Å². The SMILES string of the molecule is COc1ccc([N+](=O)[O-])cc1-c1ccc(C=C2C(=O)NC(=S)N(c3cccc(Cl)c3C)C2=O)o1. The summed E-state index contributed by atoms with van der Waals surface area (Å²) in [6.45, 7) is 1.73. The van der Waals surface area contributed by atoms with Crippen LogP contribution in [0.2, 0.25) is 5.02 Å². The Kier molecular flexibility index (Phi) is 6.18. The second kappa shape index (κ2) is 9.08. The fourth-order valence-corrected chi connectivity index (χ4v) is 3.88. The second-order valence-electron chi connectivity index (χ2n) is 7.19. The number of ether oxygens (including phenoxy) is 1. The number of nitrogens with zero attached hydrogens (tertiary/aromatic N) is 2. The molecular weight excluding hydrogens is 482 g/mol. The maximum atomic E-state index is 13.2. The van der Waals surface area contributed by atoms with E-state index in [0.717, 1.165) is 0 Å². The second-order valence-corrected chi connectivity index (χ2v) is 7.98. The van der Waals surface area contributed by atoms with Crippen molar-refractivity contribution >= 4 is 58.2 Å². The van der Waals surface area contributed by atoms with Gasteiger partial charge in [0.25, 0.3) is 17.5 Å². The van der Waals surface area contributed by atoms with Crippen molar-refractivity contribution in [2.24, 2.45) is 0 Å². The summed E-state index contributed by atoms with van der Waals surface area (Å²) in [5.74, 6) is -0.535. The highest BCUT2D eigenvalue weighted by Gasteiger charge is 2.35. The van der Waals surface area contributed by atoms with Crippen LogP contribution in [0.5, 0.6) is 5.75 Å². The number of anilines is 1. The molecule has 2 heterocycles. The van der Waals surface area contributed by atoms with Crippen molar-refractivity contribution in [1.82, 2.24) is 5.32 Å². The molecule has 2 amide bonds. The van der Waals surface area contributed by atoms with Crippen LogP contribution in [-0.2, 0) is 9.59 Å². The Morgan fingerprint density at radius 1 is 1.21 bits per heavy atom. The van der Waals surface area contributed by atoms with Crippen LogP contribution < -0.4 is 15.0 Å². The zero-order valence-electron chi connectivity index (χ0n) is 17.8. The van der Waals surface area contributed by atoms with Crippen LogP contribution in [0.4, 0.5) is 11.4 Å². The molecule has 0 unspecified atom stereocenters. The summed E-state index contributed by atoms with van der Waals surface area (Å²) in [4.78, 5) is 37.6. The minimum absolute atomic E-state index is 0.0704. The van der Waals surface area contributed by atoms with Gasteiger partial charge >= 0.3 is 0 Å². The van der Waals surface area contributed by atoms with E-state index in [1.54, 1.807) is 31.2 Å². The topological polar surface area (TPSA) is 115 Å². The number of methoxy groups -OCH3 is 1. The van der Waals surface area contributed by atoms with E-state index in [2.05, 4.69) is 5.32 Å². The number of hydrogen-bond donors (Lipinski definition) is 1. The van der Waals surface area contributed by atoms with Gasteiger partial charge in [-0.1, -0.05) is 17.7 Å². The van der Waals surface area contributed by atoms with Gasteiger partial charge in [-0.05, 0) is 61.1 Å². The lowest BCUT2D eigenvalue weighted by Gasteiger charge is -2.30. The number of furan rings is 1. The van der Waals surface area contributed by atoms with E-state index < -0.39 is 16.7 Å². The van der Waals surface area contributed by atoms with Crippen LogP contribution >= 0.6 is 23.8 Å². The van der Waals surface area contributed by atoms with Gasteiger partial charge in [0.1, 0.15) is 22.8 Å². The molecule has 0 bridgehead atoms. The largest absolute Gasteiger partial charge is 0.496 e. The molecule has 34 heavy (non-hydrogen) atoms. The van der Waals surface area contributed by atoms with Gasteiger partial charge < -0.3 is 9.15 Å². The van der Waals surface area contributed by atoms with Gasteiger partial charge in [0.2, 0.25) is 0 Å². The molecule has 11 heteroatoms. The van der Waals surface area contributed by atoms with Crippen molar-refractivity contribution in [2.75, 3.05) is 12.0 Å². The fraction of sp³-hybridized carbons (Fsp3) is 0.0870. The monoisotopic (exact) mass is 497 g/mol. The number of carbonyl (C=O) groups is 2. The molecule has 0 atom stereocenters. The van der Waals surface area contributed by atoms with Crippen molar-refractivity contribution in [2.45, 2.75) is 6.92 Å². The molecule has 4 rings (SSSR count). The molecule has 0 spiro atoms. The number of hydrogen-bond acceptors (Lipinski definition) is 7. The number of carbonyl (C=O) groups excluding carboxylic acids is 2. The van der Waals surface area contributed by atoms with Crippen molar-refractivity contribution in [1.29, 1.82) is 0 Å². The summed E-state index contributed by atoms with van der Waals surface area (Å²) in [6.07, 6.45) is 1.28. The minimum atomic E-state index is -0.684. The van der Waals surface area contributed by atoms with Crippen LogP contribution in [0.3, 0.4) is 0 Å². The molecule has 1 saturated heterocycles. The number of rotatable bonds is 5. The number of halogens is 1. The van der Waals surface area contributed by atoms with Crippen LogP contribution in [0.15, 0.2) is 58.5 Å². The summed E-state index contributed by atoms with van der Waals surface area (Å²) in [7, 11) is 1.43. The average molecular weight is 498 g/mol. The number of nitro benzene ring substituents is 1. The molecule has 2 aromatic carbocycles. The predicted octanol–water partition coefficient (Wildman–Crippen LogP) is 4.66. The molecule has 0 radical (unpaired) electrons. The Bertz CT molecular complexity index is 1400. The maximum Gasteiger partial charge on any atom is 0.270 e. The Hall–Kier alpha value is -4.02. The lowest BCUT2D eigenvalue weighted by Crippen LogP contribution is -2.54. The third-order valence-corrected chi connectivity index (χ3v) is 5.85. The van der Waals surface area contributed by atoms with E-state index in [1.807, 2.05) is 0 Å². The Balaban J connectivity index is 1.73. The Morgan fingerprint density at radius 3 is 2.68 bits per heavy atom. The third kappa shape index (κ3) is 4.16. The van der Waals surface area contributed by atoms with Gasteiger partial charge in [-0.15, -0.1) is 0 Å². The lowest BCUT2D eigenvalue weighted by atomic mass is 10.1. The van der Waals surface area contributed by atoms with E-state index in [-0.39, 0.29) is 27.9 Å². The van der Waals surface area contributed by atoms with E-state index in [1.165, 1.54) is 42.4 Å². The summed E-state index contributed by atoms with van der Waals surface area (Å²) >= 11 is 11.4. The normalized spacial score (nSPS) is 15.0. The highest BCUT2D eigenvalue weighted by Crippen LogP contribution is 2.35. The highest BCUT2D eigenvalue weighted by atomic mass is 35.5. The van der Waals surface area contributed by atoms with E-state index in [4.69, 9.17) is 33.0 Å². The summed E-state index contributed by atoms with van der Waals surface area (Å²) in [5, 5.41) is 14.0. The van der Waals surface area contributed by atoms with Crippen LogP contribution in [0, 0.1) is 17.0 Å². The standard InChI is InChI=1S/C23H16ClN3O6S/c1-12-17(24)4-3-5-18(12)26-22(29)16(21(28)25-23(26)34)11-14-7-9-20(33-14)15-10-13(27(30)31)6-8-19(15)32-2/h3-11H,1-2H3,(H,25,28,34). The first-order valence-corrected chi connectivity index (χ1v) is 10.6. The molecule has 9 nitrogen and oxygen atoms in total. The van der Waals surface area contributed by atoms with E-state index >= 15 is 0 Å². The summed E-state index contributed by atoms with van der Waals surface area (Å²) in [6, 6.07) is 12.2. The zero-order chi connectivity index (χ0) is 24.6. The highest BCUT2D eigenvalue weighted by molar-refractivity contribution is 7.80. The van der Waals surface area contributed by atoms with Crippen molar-refractivity contribution in [3.8, 4) is 17.1 Å². The first-order valence-electron chi connectivity index (χ1n) is 9.80. The van der Waals surface area contributed by atoms with E-state index in [9.17, 15) is 19.7 Å². The number of non-ortho nitro benzene ring substituents is 1. The molecule has 0 saturated carbocycles. The van der Waals surface area contributed by atoms with Gasteiger partial charge in [0.05, 0.1) is 23.3 Å². The van der Waals surface area contributed by atoms with Gasteiger partial charge in [-0.25, -0.2) is 0 Å². The zero-order valence-corrected chi connectivity index (χ0v) is 19.4. The molecular formula is C23H16ClN3O6S. The van der Waals surface area contributed by atoms with Gasteiger partial charge in [0, 0.05) is 17.2 Å². The maximum absolute atomic E-state index is 13.2.